The van der Waals surface area contributed by atoms with Crippen molar-refractivity contribution in [3.05, 3.63) is 0 Å². The largest absolute Gasteiger partial charge is 0.345 e. The zero-order chi connectivity index (χ0) is 11.3. The summed E-state index contributed by atoms with van der Waals surface area (Å²) in [5, 5.41) is 2.60. The highest BCUT2D eigenvalue weighted by atomic mass is 16.2. The summed E-state index contributed by atoms with van der Waals surface area (Å²) >= 11 is 0. The fourth-order valence-corrected chi connectivity index (χ4v) is 0.999. The number of rotatable bonds is 5. The Morgan fingerprint density at radius 3 is 2.14 bits per heavy atom. The number of hydrogen-bond donors (Lipinski definition) is 2. The lowest BCUT2D eigenvalue weighted by molar-refractivity contribution is -0.128. The van der Waals surface area contributed by atoms with Crippen molar-refractivity contribution in [1.82, 2.24) is 5.32 Å². The second kappa shape index (κ2) is 5.75. The molecule has 2 unspecified atom stereocenters. The first kappa shape index (κ1) is 13.1. The third-order valence-electron chi connectivity index (χ3n) is 2.21. The highest BCUT2D eigenvalue weighted by Gasteiger charge is 2.20. The molecule has 4 nitrogen and oxygen atoms in total. The first-order chi connectivity index (χ1) is 6.40. The van der Waals surface area contributed by atoms with E-state index in [1.807, 2.05) is 13.8 Å². The van der Waals surface area contributed by atoms with Crippen LogP contribution in [0.1, 0.15) is 34.1 Å². The standard InChI is InChI=1S/C10H20N2O2/c1-5-8(13)7(4)12-10(14)9(11)6(2)3/h6-7,9H,5,11H2,1-4H3,(H,12,14). The van der Waals surface area contributed by atoms with Crippen LogP contribution in [-0.4, -0.2) is 23.8 Å². The van der Waals surface area contributed by atoms with Gasteiger partial charge in [0.15, 0.2) is 5.78 Å². The molecule has 0 saturated carbocycles. The van der Waals surface area contributed by atoms with Gasteiger partial charge in [0, 0.05) is 6.42 Å². The third kappa shape index (κ3) is 3.87. The maximum Gasteiger partial charge on any atom is 0.237 e. The first-order valence-electron chi connectivity index (χ1n) is 4.98. The van der Waals surface area contributed by atoms with Crippen molar-refractivity contribution in [3.63, 3.8) is 0 Å². The van der Waals surface area contributed by atoms with Crippen molar-refractivity contribution in [3.8, 4) is 0 Å². The van der Waals surface area contributed by atoms with Gasteiger partial charge in [-0.1, -0.05) is 20.8 Å². The quantitative estimate of drug-likeness (QED) is 0.677. The second-order valence-corrected chi connectivity index (χ2v) is 3.82. The third-order valence-corrected chi connectivity index (χ3v) is 2.21. The first-order valence-corrected chi connectivity index (χ1v) is 4.98. The summed E-state index contributed by atoms with van der Waals surface area (Å²) in [5.74, 6) is -0.150. The van der Waals surface area contributed by atoms with Crippen LogP contribution in [0.4, 0.5) is 0 Å². The van der Waals surface area contributed by atoms with Crippen molar-refractivity contribution in [2.45, 2.75) is 46.2 Å². The van der Waals surface area contributed by atoms with Crippen molar-refractivity contribution >= 4 is 11.7 Å². The molecule has 82 valence electrons. The van der Waals surface area contributed by atoms with E-state index in [0.717, 1.165) is 0 Å². The average molecular weight is 200 g/mol. The van der Waals surface area contributed by atoms with Gasteiger partial charge in [-0.2, -0.15) is 0 Å². The minimum absolute atomic E-state index is 0.0225. The average Bonchev–Trinajstić information content (AvgIpc) is 2.14. The Labute approximate surface area is 85.2 Å². The molecule has 0 aliphatic rings. The lowest BCUT2D eigenvalue weighted by atomic mass is 10.0. The molecule has 0 aliphatic carbocycles. The maximum absolute atomic E-state index is 11.4. The Morgan fingerprint density at radius 2 is 1.79 bits per heavy atom. The van der Waals surface area contributed by atoms with E-state index in [0.29, 0.717) is 6.42 Å². The van der Waals surface area contributed by atoms with Gasteiger partial charge in [-0.15, -0.1) is 0 Å². The van der Waals surface area contributed by atoms with Crippen molar-refractivity contribution in [2.75, 3.05) is 0 Å². The van der Waals surface area contributed by atoms with Crippen molar-refractivity contribution < 1.29 is 9.59 Å². The summed E-state index contributed by atoms with van der Waals surface area (Å²) in [4.78, 5) is 22.6. The number of carbonyl (C=O) groups is 2. The van der Waals surface area contributed by atoms with Crippen LogP contribution in [0.3, 0.4) is 0 Å². The molecule has 0 spiro atoms. The SMILES string of the molecule is CCC(=O)C(C)NC(=O)C(N)C(C)C. The van der Waals surface area contributed by atoms with Gasteiger partial charge < -0.3 is 11.1 Å². The molecule has 0 rings (SSSR count). The molecule has 0 aromatic carbocycles. The zero-order valence-electron chi connectivity index (χ0n) is 9.33. The summed E-state index contributed by atoms with van der Waals surface area (Å²) in [5.41, 5.74) is 5.63. The molecule has 0 aromatic heterocycles. The monoisotopic (exact) mass is 200 g/mol. The van der Waals surface area contributed by atoms with Gasteiger partial charge in [0.1, 0.15) is 0 Å². The van der Waals surface area contributed by atoms with E-state index >= 15 is 0 Å². The molecule has 0 fully saturated rings. The predicted octanol–water partition coefficient (Wildman–Crippen LogP) is 0.454. The molecule has 3 N–H and O–H groups in total. The van der Waals surface area contributed by atoms with E-state index in [4.69, 9.17) is 5.73 Å². The molecule has 1 amide bonds. The minimum Gasteiger partial charge on any atom is -0.345 e. The van der Waals surface area contributed by atoms with Crippen LogP contribution >= 0.6 is 0 Å². The lowest BCUT2D eigenvalue weighted by Gasteiger charge is -2.18. The van der Waals surface area contributed by atoms with Crippen molar-refractivity contribution in [2.24, 2.45) is 11.7 Å². The van der Waals surface area contributed by atoms with Crippen LogP contribution in [0.2, 0.25) is 0 Å². The molecule has 0 heterocycles. The van der Waals surface area contributed by atoms with Crippen LogP contribution in [0, 0.1) is 5.92 Å². The van der Waals surface area contributed by atoms with E-state index in [9.17, 15) is 9.59 Å². The van der Waals surface area contributed by atoms with E-state index in [2.05, 4.69) is 5.32 Å². The van der Waals surface area contributed by atoms with Gasteiger partial charge in [0.05, 0.1) is 12.1 Å². The summed E-state index contributed by atoms with van der Waals surface area (Å²) in [6.07, 6.45) is 0.429. The highest BCUT2D eigenvalue weighted by Crippen LogP contribution is 1.99. The number of nitrogens with one attached hydrogen (secondary N) is 1. The van der Waals surface area contributed by atoms with Gasteiger partial charge in [-0.25, -0.2) is 0 Å². The molecule has 0 saturated heterocycles. The number of nitrogens with two attached hydrogens (primary N) is 1. The van der Waals surface area contributed by atoms with Crippen LogP contribution < -0.4 is 11.1 Å². The molecule has 0 bridgehead atoms. The fourth-order valence-electron chi connectivity index (χ4n) is 0.999. The van der Waals surface area contributed by atoms with E-state index < -0.39 is 12.1 Å². The van der Waals surface area contributed by atoms with Crippen LogP contribution in [0.25, 0.3) is 0 Å². The van der Waals surface area contributed by atoms with Gasteiger partial charge >= 0.3 is 0 Å². The Kier molecular flexibility index (Phi) is 5.38. The van der Waals surface area contributed by atoms with Crippen molar-refractivity contribution in [1.29, 1.82) is 0 Å². The van der Waals surface area contributed by atoms with Crippen LogP contribution in [0.5, 0.6) is 0 Å². The van der Waals surface area contributed by atoms with Gasteiger partial charge in [0.25, 0.3) is 0 Å². The molecule has 4 heteroatoms. The molecule has 2 atom stereocenters. The summed E-state index contributed by atoms with van der Waals surface area (Å²) < 4.78 is 0. The fraction of sp³-hybridized carbons (Fsp3) is 0.800. The lowest BCUT2D eigenvalue weighted by Crippen LogP contribution is -2.49. The number of Topliss-reactive ketones (excluding diaryl/α,β-unsaturated/α-hetero) is 1. The Bertz CT molecular complexity index is 214. The smallest absolute Gasteiger partial charge is 0.237 e. The number of amides is 1. The van der Waals surface area contributed by atoms with E-state index in [-0.39, 0.29) is 17.6 Å². The second-order valence-electron chi connectivity index (χ2n) is 3.82. The maximum atomic E-state index is 11.4. The topological polar surface area (TPSA) is 72.2 Å². The summed E-state index contributed by atoms with van der Waals surface area (Å²) in [7, 11) is 0. The molecule has 0 aromatic rings. The molecule has 14 heavy (non-hydrogen) atoms. The predicted molar refractivity (Wildman–Crippen MR) is 55.7 cm³/mol. The Hall–Kier alpha value is -0.900. The van der Waals surface area contributed by atoms with E-state index in [1.54, 1.807) is 13.8 Å². The highest BCUT2D eigenvalue weighted by molar-refractivity contribution is 5.90. The Morgan fingerprint density at radius 1 is 1.29 bits per heavy atom. The van der Waals surface area contributed by atoms with Gasteiger partial charge in [0.2, 0.25) is 5.91 Å². The van der Waals surface area contributed by atoms with Gasteiger partial charge in [-0.3, -0.25) is 9.59 Å². The number of carbonyl (C=O) groups excluding carboxylic acids is 2. The summed E-state index contributed by atoms with van der Waals surface area (Å²) in [6.45, 7) is 7.19. The minimum atomic E-state index is -0.540. The molecule has 0 radical (unpaired) electrons. The summed E-state index contributed by atoms with van der Waals surface area (Å²) in [6, 6.07) is -0.973. The molecule has 0 aliphatic heterocycles. The number of hydrogen-bond acceptors (Lipinski definition) is 3. The normalized spacial score (nSPS) is 15.0. The number of ketones is 1. The molecular formula is C10H20N2O2. The van der Waals surface area contributed by atoms with Crippen LogP contribution in [0.15, 0.2) is 0 Å². The molecular weight excluding hydrogens is 180 g/mol. The zero-order valence-corrected chi connectivity index (χ0v) is 9.33. The Balaban J connectivity index is 4.12. The van der Waals surface area contributed by atoms with Gasteiger partial charge in [-0.05, 0) is 12.8 Å². The van der Waals surface area contributed by atoms with Crippen LogP contribution in [-0.2, 0) is 9.59 Å². The van der Waals surface area contributed by atoms with E-state index in [1.165, 1.54) is 0 Å².